The zero-order valence-electron chi connectivity index (χ0n) is 9.00. The molecule has 5 heteroatoms. The molecule has 0 saturated heterocycles. The van der Waals surface area contributed by atoms with E-state index in [1.165, 1.54) is 10.4 Å². The van der Waals surface area contributed by atoms with Crippen molar-refractivity contribution in [1.29, 1.82) is 0 Å². The van der Waals surface area contributed by atoms with Crippen LogP contribution in [0.15, 0.2) is 46.4 Å². The molecule has 0 bridgehead atoms. The van der Waals surface area contributed by atoms with Gasteiger partial charge in [0.2, 0.25) is 0 Å². The number of hydrogen-bond donors (Lipinski definition) is 0. The van der Waals surface area contributed by atoms with Crippen LogP contribution < -0.4 is 4.67 Å². The Kier molecular flexibility index (Phi) is 3.40. The molecular weight excluding hydrogens is 268 g/mol. The van der Waals surface area contributed by atoms with Crippen molar-refractivity contribution < 1.29 is 0 Å². The van der Waals surface area contributed by atoms with E-state index < -0.39 is 0 Å². The van der Waals surface area contributed by atoms with Crippen LogP contribution in [0.3, 0.4) is 0 Å². The van der Waals surface area contributed by atoms with E-state index in [0.29, 0.717) is 0 Å². The summed E-state index contributed by atoms with van der Waals surface area (Å²) in [7, 11) is 3.48. The van der Waals surface area contributed by atoms with Crippen LogP contribution in [0.1, 0.15) is 0 Å². The molecule has 2 aromatic rings. The van der Waals surface area contributed by atoms with Crippen molar-refractivity contribution >= 4 is 37.6 Å². The quantitative estimate of drug-likeness (QED) is 0.733. The number of rotatable bonds is 1. The first kappa shape index (κ1) is 11.2. The minimum absolute atomic E-state index is 0.907. The first-order chi connectivity index (χ1) is 8.42. The van der Waals surface area contributed by atoms with Crippen molar-refractivity contribution in [1.82, 2.24) is 0 Å². The zero-order valence-corrected chi connectivity index (χ0v) is 11.4. The maximum absolute atomic E-state index is 4.55. The van der Waals surface area contributed by atoms with Crippen molar-refractivity contribution in [2.75, 3.05) is 12.3 Å². The molecule has 0 atom stereocenters. The summed E-state index contributed by atoms with van der Waals surface area (Å²) in [5.74, 6) is 1.07. The fourth-order valence-electron chi connectivity index (χ4n) is 1.52. The number of nitrogens with zero attached hydrogens (tertiary/aromatic N) is 2. The fourth-order valence-corrected chi connectivity index (χ4v) is 4.43. The van der Waals surface area contributed by atoms with Crippen LogP contribution in [0, 0.1) is 0 Å². The molecule has 3 rings (SSSR count). The maximum atomic E-state index is 4.55. The van der Waals surface area contributed by atoms with Crippen LogP contribution in [0.25, 0.3) is 10.4 Å². The number of thioether (sulfide) groups is 1. The lowest BCUT2D eigenvalue weighted by atomic mass is 10.2. The van der Waals surface area contributed by atoms with E-state index in [1.807, 2.05) is 6.07 Å². The third-order valence-electron chi connectivity index (χ3n) is 2.31. The smallest absolute Gasteiger partial charge is 0.184 e. The van der Waals surface area contributed by atoms with Gasteiger partial charge in [-0.3, -0.25) is 4.99 Å². The highest BCUT2D eigenvalue weighted by Crippen LogP contribution is 2.24. The lowest BCUT2D eigenvalue weighted by Crippen LogP contribution is -1.95. The molecular formula is C12H10N2S3. The van der Waals surface area contributed by atoms with Crippen molar-refractivity contribution in [3.8, 4) is 10.4 Å². The molecule has 86 valence electrons. The van der Waals surface area contributed by atoms with Gasteiger partial charge in [0.05, 0.1) is 6.54 Å². The number of benzene rings is 1. The van der Waals surface area contributed by atoms with Gasteiger partial charge < -0.3 is 0 Å². The van der Waals surface area contributed by atoms with E-state index in [0.717, 1.165) is 22.1 Å². The Bertz CT molecular complexity index is 595. The molecule has 2 nitrogen and oxygen atoms in total. The van der Waals surface area contributed by atoms with Crippen LogP contribution in [0.2, 0.25) is 0 Å². The number of aliphatic imine (C=N–C) groups is 1. The van der Waals surface area contributed by atoms with Crippen LogP contribution in [-0.4, -0.2) is 17.5 Å². The molecule has 0 amide bonds. The number of amidine groups is 1. The molecule has 0 saturated carbocycles. The van der Waals surface area contributed by atoms with Gasteiger partial charge in [-0.25, -0.2) is 4.99 Å². The maximum Gasteiger partial charge on any atom is 0.184 e. The lowest BCUT2D eigenvalue weighted by Gasteiger charge is -1.92. The molecule has 1 aliphatic rings. The van der Waals surface area contributed by atoms with Gasteiger partial charge in [0.25, 0.3) is 0 Å². The van der Waals surface area contributed by atoms with Crippen LogP contribution in [0.5, 0.6) is 0 Å². The third kappa shape index (κ3) is 2.68. The van der Waals surface area contributed by atoms with Gasteiger partial charge in [0.15, 0.2) is 5.17 Å². The first-order valence-electron chi connectivity index (χ1n) is 5.29. The molecule has 1 aromatic carbocycles. The number of hydrogen-bond acceptors (Lipinski definition) is 5. The Morgan fingerprint density at radius 3 is 2.76 bits per heavy atom. The molecule has 2 heterocycles. The van der Waals surface area contributed by atoms with Crippen molar-refractivity contribution in [3.05, 3.63) is 41.1 Å². The van der Waals surface area contributed by atoms with Gasteiger partial charge in [-0.1, -0.05) is 62.8 Å². The summed E-state index contributed by atoms with van der Waals surface area (Å²) in [6, 6.07) is 12.6. The first-order valence-corrected chi connectivity index (χ1v) is 8.43. The van der Waals surface area contributed by atoms with E-state index in [2.05, 4.69) is 40.3 Å². The van der Waals surface area contributed by atoms with Gasteiger partial charge >= 0.3 is 0 Å². The van der Waals surface area contributed by atoms with Gasteiger partial charge in [-0.2, -0.15) is 0 Å². The van der Waals surface area contributed by atoms with E-state index in [-0.39, 0.29) is 0 Å². The summed E-state index contributed by atoms with van der Waals surface area (Å²) < 4.78 is 1.06. The molecule has 0 unspecified atom stereocenters. The molecule has 0 N–H and O–H groups in total. The average molecular weight is 278 g/mol. The lowest BCUT2D eigenvalue weighted by molar-refractivity contribution is 1.17. The van der Waals surface area contributed by atoms with Crippen LogP contribution >= 0.6 is 32.4 Å². The molecule has 1 aromatic heterocycles. The minimum atomic E-state index is 0.907. The Morgan fingerprint density at radius 2 is 2.00 bits per heavy atom. The Morgan fingerprint density at radius 1 is 1.12 bits per heavy atom. The summed E-state index contributed by atoms with van der Waals surface area (Å²) in [5, 5.41) is 0.929. The summed E-state index contributed by atoms with van der Waals surface area (Å²) >= 11 is 1.74. The summed E-state index contributed by atoms with van der Waals surface area (Å²) in [5.41, 5.74) is 1.26. The van der Waals surface area contributed by atoms with E-state index >= 15 is 0 Å². The zero-order chi connectivity index (χ0) is 11.5. The molecule has 17 heavy (non-hydrogen) atoms. The predicted octanol–water partition coefficient (Wildman–Crippen LogP) is 3.48. The highest BCUT2D eigenvalue weighted by Gasteiger charge is 2.05. The SMILES string of the molecule is c1ccc(-c2cc(=NC3=NCCS3)ss2)cc1. The van der Waals surface area contributed by atoms with Crippen molar-refractivity contribution in [2.45, 2.75) is 0 Å². The van der Waals surface area contributed by atoms with Gasteiger partial charge in [0.1, 0.15) is 4.67 Å². The summed E-state index contributed by atoms with van der Waals surface area (Å²) in [6.45, 7) is 0.907. The second kappa shape index (κ2) is 5.16. The highest BCUT2D eigenvalue weighted by atomic mass is 32.9. The molecule has 0 radical (unpaired) electrons. The van der Waals surface area contributed by atoms with Crippen molar-refractivity contribution in [3.63, 3.8) is 0 Å². The van der Waals surface area contributed by atoms with Crippen molar-refractivity contribution in [2.24, 2.45) is 9.98 Å². The Labute approximate surface area is 111 Å². The Balaban J connectivity index is 1.93. The van der Waals surface area contributed by atoms with Gasteiger partial charge in [-0.05, 0) is 11.6 Å². The van der Waals surface area contributed by atoms with Crippen LogP contribution in [0.4, 0.5) is 0 Å². The normalized spacial score (nSPS) is 16.2. The Hall–Kier alpha value is -0.910. The van der Waals surface area contributed by atoms with E-state index in [9.17, 15) is 0 Å². The van der Waals surface area contributed by atoms with Crippen LogP contribution in [-0.2, 0) is 0 Å². The third-order valence-corrected chi connectivity index (χ3v) is 5.47. The summed E-state index contributed by atoms with van der Waals surface area (Å²) in [6.07, 6.45) is 0. The topological polar surface area (TPSA) is 24.7 Å². The molecule has 1 aliphatic heterocycles. The predicted molar refractivity (Wildman–Crippen MR) is 78.0 cm³/mol. The van der Waals surface area contributed by atoms with E-state index in [4.69, 9.17) is 0 Å². The van der Waals surface area contributed by atoms with Gasteiger partial charge in [-0.15, -0.1) is 0 Å². The minimum Gasteiger partial charge on any atom is -0.260 e. The molecule has 0 fully saturated rings. The largest absolute Gasteiger partial charge is 0.260 e. The monoisotopic (exact) mass is 278 g/mol. The second-order valence-electron chi connectivity index (χ2n) is 3.50. The van der Waals surface area contributed by atoms with E-state index in [1.54, 1.807) is 32.4 Å². The standard InChI is InChI=1S/C12H10N2S3/c1-2-4-9(5-3-1)10-8-11(17-16-10)14-12-13-6-7-15-12/h1-5,8H,6-7H2. The molecule has 0 spiro atoms. The summed E-state index contributed by atoms with van der Waals surface area (Å²) in [4.78, 5) is 10.2. The fraction of sp³-hybridized carbons (Fsp3) is 0.167. The van der Waals surface area contributed by atoms with Gasteiger partial charge in [0, 0.05) is 10.6 Å². The second-order valence-corrected chi connectivity index (χ2v) is 6.76. The average Bonchev–Trinajstić information content (AvgIpc) is 3.02. The molecule has 0 aliphatic carbocycles. The highest BCUT2D eigenvalue weighted by molar-refractivity contribution is 8.14.